The first-order valence-corrected chi connectivity index (χ1v) is 9.14. The summed E-state index contributed by atoms with van der Waals surface area (Å²) in [5, 5.41) is 3.53. The van der Waals surface area contributed by atoms with E-state index >= 15 is 0 Å². The Morgan fingerprint density at radius 1 is 0.862 bits per heavy atom. The van der Waals surface area contributed by atoms with Gasteiger partial charge in [-0.2, -0.15) is 8.78 Å². The molecule has 0 unspecified atom stereocenters. The third-order valence-corrected chi connectivity index (χ3v) is 4.35. The number of rotatable bonds is 9. The molecule has 0 saturated carbocycles. The van der Waals surface area contributed by atoms with Crippen LogP contribution in [0, 0.1) is 12.3 Å². The van der Waals surface area contributed by atoms with Crippen molar-refractivity contribution >= 4 is 0 Å². The maximum absolute atomic E-state index is 12.4. The molecule has 0 bridgehead atoms. The van der Waals surface area contributed by atoms with Crippen LogP contribution in [0.2, 0.25) is 0 Å². The Morgan fingerprint density at radius 3 is 2.21 bits per heavy atom. The summed E-state index contributed by atoms with van der Waals surface area (Å²) in [6.07, 6.45) is 5.30. The molecule has 0 saturated heterocycles. The molecule has 5 heteroatoms. The van der Waals surface area contributed by atoms with Gasteiger partial charge >= 0.3 is 6.61 Å². The SMILES string of the molecule is C#CCOc1ccccc1CN[C@H](c1ccccc1)c1ccc(OC(F)F)cc1. The molecule has 0 heterocycles. The molecule has 0 amide bonds. The van der Waals surface area contributed by atoms with E-state index in [1.54, 1.807) is 24.3 Å². The largest absolute Gasteiger partial charge is 0.481 e. The third-order valence-electron chi connectivity index (χ3n) is 4.35. The lowest BCUT2D eigenvalue weighted by atomic mass is 9.98. The van der Waals surface area contributed by atoms with Crippen molar-refractivity contribution in [2.75, 3.05) is 6.61 Å². The van der Waals surface area contributed by atoms with Crippen molar-refractivity contribution in [1.82, 2.24) is 5.32 Å². The minimum atomic E-state index is -2.84. The Balaban J connectivity index is 1.82. The predicted molar refractivity (Wildman–Crippen MR) is 109 cm³/mol. The summed E-state index contributed by atoms with van der Waals surface area (Å²) in [5.74, 6) is 3.33. The van der Waals surface area contributed by atoms with E-state index in [0.29, 0.717) is 6.54 Å². The van der Waals surface area contributed by atoms with E-state index in [0.717, 1.165) is 22.4 Å². The predicted octanol–water partition coefficient (Wildman–Crippen LogP) is 5.18. The molecule has 1 atom stereocenters. The molecular formula is C24H21F2NO2. The second kappa shape index (κ2) is 10.3. The second-order valence-electron chi connectivity index (χ2n) is 6.27. The molecular weight excluding hydrogens is 372 g/mol. The zero-order chi connectivity index (χ0) is 20.5. The van der Waals surface area contributed by atoms with Crippen molar-refractivity contribution in [3.8, 4) is 23.8 Å². The van der Waals surface area contributed by atoms with Gasteiger partial charge in [-0.1, -0.05) is 66.6 Å². The summed E-state index contributed by atoms with van der Waals surface area (Å²) < 4.78 is 34.9. The van der Waals surface area contributed by atoms with Crippen LogP contribution in [0.15, 0.2) is 78.9 Å². The number of hydrogen-bond acceptors (Lipinski definition) is 3. The molecule has 0 fully saturated rings. The number of hydrogen-bond donors (Lipinski definition) is 1. The van der Waals surface area contributed by atoms with Crippen LogP contribution < -0.4 is 14.8 Å². The summed E-state index contributed by atoms with van der Waals surface area (Å²) >= 11 is 0. The quantitative estimate of drug-likeness (QED) is 0.508. The molecule has 0 aliphatic rings. The molecule has 148 valence electrons. The van der Waals surface area contributed by atoms with Gasteiger partial charge in [-0.25, -0.2) is 0 Å². The number of nitrogens with one attached hydrogen (secondary N) is 1. The summed E-state index contributed by atoms with van der Waals surface area (Å²) in [4.78, 5) is 0. The summed E-state index contributed by atoms with van der Waals surface area (Å²) in [7, 11) is 0. The van der Waals surface area contributed by atoms with E-state index in [1.165, 1.54) is 0 Å². The minimum Gasteiger partial charge on any atom is -0.481 e. The van der Waals surface area contributed by atoms with Crippen LogP contribution in [0.3, 0.4) is 0 Å². The Labute approximate surface area is 169 Å². The highest BCUT2D eigenvalue weighted by Gasteiger charge is 2.15. The highest BCUT2D eigenvalue weighted by Crippen LogP contribution is 2.26. The topological polar surface area (TPSA) is 30.5 Å². The van der Waals surface area contributed by atoms with Gasteiger partial charge in [0, 0.05) is 12.1 Å². The van der Waals surface area contributed by atoms with Gasteiger partial charge in [-0.3, -0.25) is 0 Å². The molecule has 0 spiro atoms. The highest BCUT2D eigenvalue weighted by molar-refractivity contribution is 5.37. The second-order valence-corrected chi connectivity index (χ2v) is 6.27. The standard InChI is InChI=1S/C24H21F2NO2/c1-2-16-28-22-11-7-6-10-20(22)17-27-23(18-8-4-3-5-9-18)19-12-14-21(15-13-19)29-24(25)26/h1,3-15,23-24,27H,16-17H2/t23-/m1/s1. The van der Waals surface area contributed by atoms with Crippen molar-refractivity contribution < 1.29 is 18.3 Å². The lowest BCUT2D eigenvalue weighted by molar-refractivity contribution is -0.0498. The average molecular weight is 393 g/mol. The van der Waals surface area contributed by atoms with Gasteiger partial charge in [0.1, 0.15) is 18.1 Å². The number of terminal acetylenes is 1. The summed E-state index contributed by atoms with van der Waals surface area (Å²) in [5.41, 5.74) is 2.96. The first-order chi connectivity index (χ1) is 14.2. The molecule has 0 aliphatic heterocycles. The van der Waals surface area contributed by atoms with Gasteiger partial charge in [-0.05, 0) is 29.3 Å². The van der Waals surface area contributed by atoms with E-state index in [1.807, 2.05) is 54.6 Å². The first kappa shape index (κ1) is 20.4. The van der Waals surface area contributed by atoms with E-state index in [-0.39, 0.29) is 18.4 Å². The van der Waals surface area contributed by atoms with E-state index in [4.69, 9.17) is 11.2 Å². The highest BCUT2D eigenvalue weighted by atomic mass is 19.3. The molecule has 3 rings (SSSR count). The van der Waals surface area contributed by atoms with Crippen molar-refractivity contribution in [2.24, 2.45) is 0 Å². The van der Waals surface area contributed by atoms with Crippen LogP contribution in [-0.2, 0) is 6.54 Å². The van der Waals surface area contributed by atoms with Crippen molar-refractivity contribution in [3.63, 3.8) is 0 Å². The van der Waals surface area contributed by atoms with Crippen LogP contribution in [0.4, 0.5) is 8.78 Å². The van der Waals surface area contributed by atoms with Crippen molar-refractivity contribution in [2.45, 2.75) is 19.2 Å². The molecule has 3 aromatic carbocycles. The number of benzene rings is 3. The summed E-state index contributed by atoms with van der Waals surface area (Å²) in [6, 6.07) is 24.1. The zero-order valence-electron chi connectivity index (χ0n) is 15.7. The Morgan fingerprint density at radius 2 is 1.52 bits per heavy atom. The Bertz CT molecular complexity index is 937. The summed E-state index contributed by atoms with van der Waals surface area (Å²) in [6.45, 7) is -2.11. The fourth-order valence-electron chi connectivity index (χ4n) is 3.04. The average Bonchev–Trinajstić information content (AvgIpc) is 2.74. The van der Waals surface area contributed by atoms with Crippen LogP contribution in [0.1, 0.15) is 22.7 Å². The Kier molecular flexibility index (Phi) is 7.21. The van der Waals surface area contributed by atoms with Crippen LogP contribution >= 0.6 is 0 Å². The van der Waals surface area contributed by atoms with Gasteiger partial charge in [-0.15, -0.1) is 6.42 Å². The third kappa shape index (κ3) is 5.81. The van der Waals surface area contributed by atoms with Gasteiger partial charge in [0.2, 0.25) is 0 Å². The molecule has 3 aromatic rings. The Hall–Kier alpha value is -3.36. The van der Waals surface area contributed by atoms with Crippen LogP contribution in [-0.4, -0.2) is 13.2 Å². The van der Waals surface area contributed by atoms with E-state index in [9.17, 15) is 8.78 Å². The lowest BCUT2D eigenvalue weighted by Gasteiger charge is -2.21. The van der Waals surface area contributed by atoms with Gasteiger partial charge in [0.25, 0.3) is 0 Å². The maximum atomic E-state index is 12.4. The minimum absolute atomic E-state index is 0.128. The lowest BCUT2D eigenvalue weighted by Crippen LogP contribution is -2.22. The number of halogens is 2. The molecule has 1 N–H and O–H groups in total. The van der Waals surface area contributed by atoms with E-state index in [2.05, 4.69) is 16.0 Å². The van der Waals surface area contributed by atoms with Crippen LogP contribution in [0.25, 0.3) is 0 Å². The van der Waals surface area contributed by atoms with Gasteiger partial charge in [0.05, 0.1) is 6.04 Å². The fourth-order valence-corrected chi connectivity index (χ4v) is 3.04. The smallest absolute Gasteiger partial charge is 0.387 e. The maximum Gasteiger partial charge on any atom is 0.387 e. The molecule has 3 nitrogen and oxygen atoms in total. The molecule has 29 heavy (non-hydrogen) atoms. The van der Waals surface area contributed by atoms with Gasteiger partial charge in [0.15, 0.2) is 0 Å². The van der Waals surface area contributed by atoms with Crippen molar-refractivity contribution in [1.29, 1.82) is 0 Å². The monoisotopic (exact) mass is 393 g/mol. The molecule has 0 aromatic heterocycles. The molecule has 0 radical (unpaired) electrons. The zero-order valence-corrected chi connectivity index (χ0v) is 15.7. The number of alkyl halides is 2. The first-order valence-electron chi connectivity index (χ1n) is 9.14. The fraction of sp³-hybridized carbons (Fsp3) is 0.167. The van der Waals surface area contributed by atoms with E-state index < -0.39 is 6.61 Å². The van der Waals surface area contributed by atoms with Crippen LogP contribution in [0.5, 0.6) is 11.5 Å². The van der Waals surface area contributed by atoms with Gasteiger partial charge < -0.3 is 14.8 Å². The molecule has 0 aliphatic carbocycles. The number of para-hydroxylation sites is 1. The van der Waals surface area contributed by atoms with Crippen molar-refractivity contribution in [3.05, 3.63) is 95.6 Å². The number of ether oxygens (including phenoxy) is 2. The normalized spacial score (nSPS) is 11.7.